The standard InChI is InChI=1S/C20H38N8OS2/c1-16(28-11-13-29-14-12-28)15-22-20(31)26-24-18(3)17(2)23-25-19(30)21-7-10-27-8-5-4-6-9-27/h16H,4-15H2,1-3H3,(H2,21,25,30)(H2,22,26,31)/b23-17+,24-18+. The summed E-state index contributed by atoms with van der Waals surface area (Å²) < 4.78 is 5.39. The first-order chi connectivity index (χ1) is 15.0. The number of nitrogens with zero attached hydrogens (tertiary/aromatic N) is 4. The van der Waals surface area contributed by atoms with E-state index < -0.39 is 0 Å². The molecule has 0 amide bonds. The van der Waals surface area contributed by atoms with Crippen LogP contribution >= 0.6 is 24.4 Å². The molecule has 1 atom stereocenters. The average Bonchev–Trinajstić information content (AvgIpc) is 2.80. The number of nitrogens with one attached hydrogen (secondary N) is 4. The zero-order valence-corrected chi connectivity index (χ0v) is 20.7. The van der Waals surface area contributed by atoms with Crippen molar-refractivity contribution in [1.29, 1.82) is 0 Å². The summed E-state index contributed by atoms with van der Waals surface area (Å²) in [6.45, 7) is 14.4. The van der Waals surface area contributed by atoms with E-state index in [0.29, 0.717) is 16.3 Å². The normalized spacial score (nSPS) is 20.1. The Morgan fingerprint density at radius 3 is 2.10 bits per heavy atom. The molecule has 0 spiro atoms. The molecule has 2 aliphatic heterocycles. The lowest BCUT2D eigenvalue weighted by molar-refractivity contribution is 0.0212. The number of thiocarbonyl (C=S) groups is 2. The van der Waals surface area contributed by atoms with Gasteiger partial charge in [-0.05, 0) is 71.1 Å². The minimum Gasteiger partial charge on any atom is -0.379 e. The summed E-state index contributed by atoms with van der Waals surface area (Å²) in [6.07, 6.45) is 3.94. The molecule has 2 fully saturated rings. The summed E-state index contributed by atoms with van der Waals surface area (Å²) in [6, 6.07) is 0.379. The second kappa shape index (κ2) is 14.6. The highest BCUT2D eigenvalue weighted by atomic mass is 32.1. The van der Waals surface area contributed by atoms with Crippen molar-refractivity contribution in [3.63, 3.8) is 0 Å². The first kappa shape index (κ1) is 25.9. The van der Waals surface area contributed by atoms with Gasteiger partial charge in [0, 0.05) is 38.8 Å². The number of hydrogen-bond acceptors (Lipinski definition) is 7. The predicted octanol–water partition coefficient (Wildman–Crippen LogP) is 0.873. The summed E-state index contributed by atoms with van der Waals surface area (Å²) in [5.74, 6) is 0. The molecule has 0 saturated carbocycles. The number of hydrazone groups is 2. The average molecular weight is 471 g/mol. The molecule has 0 aromatic heterocycles. The fourth-order valence-electron chi connectivity index (χ4n) is 3.41. The van der Waals surface area contributed by atoms with Gasteiger partial charge in [0.25, 0.3) is 0 Å². The molecular weight excluding hydrogens is 432 g/mol. The maximum absolute atomic E-state index is 5.39. The molecule has 2 heterocycles. The van der Waals surface area contributed by atoms with Gasteiger partial charge in [-0.15, -0.1) is 0 Å². The molecule has 31 heavy (non-hydrogen) atoms. The molecule has 0 radical (unpaired) electrons. The SMILES string of the molecule is CC(=N\NC(=S)NCCN1CCCCC1)/C(C)=N/NC(=S)NCC(C)N1CCOCC1. The van der Waals surface area contributed by atoms with Crippen molar-refractivity contribution in [3.05, 3.63) is 0 Å². The van der Waals surface area contributed by atoms with Gasteiger partial charge in [0.05, 0.1) is 24.6 Å². The van der Waals surface area contributed by atoms with E-state index in [1.807, 2.05) is 13.8 Å². The molecule has 2 rings (SSSR count). The summed E-state index contributed by atoms with van der Waals surface area (Å²) >= 11 is 10.6. The number of piperidine rings is 1. The van der Waals surface area contributed by atoms with Gasteiger partial charge in [0.1, 0.15) is 0 Å². The van der Waals surface area contributed by atoms with Crippen LogP contribution in [0.3, 0.4) is 0 Å². The first-order valence-electron chi connectivity index (χ1n) is 11.2. The van der Waals surface area contributed by atoms with Crippen LogP contribution in [0.2, 0.25) is 0 Å². The van der Waals surface area contributed by atoms with E-state index in [4.69, 9.17) is 29.2 Å². The van der Waals surface area contributed by atoms with Crippen molar-refractivity contribution in [2.45, 2.75) is 46.1 Å². The molecule has 0 bridgehead atoms. The van der Waals surface area contributed by atoms with Crippen LogP contribution in [0.4, 0.5) is 0 Å². The smallest absolute Gasteiger partial charge is 0.187 e. The van der Waals surface area contributed by atoms with Gasteiger partial charge >= 0.3 is 0 Å². The van der Waals surface area contributed by atoms with Crippen LogP contribution in [0, 0.1) is 0 Å². The quantitative estimate of drug-likeness (QED) is 0.223. The minimum absolute atomic E-state index is 0.379. The number of rotatable bonds is 9. The van der Waals surface area contributed by atoms with E-state index in [2.05, 4.69) is 48.4 Å². The van der Waals surface area contributed by atoms with Crippen molar-refractivity contribution in [2.75, 3.05) is 59.0 Å². The molecular formula is C20H38N8OS2. The predicted molar refractivity (Wildman–Crippen MR) is 136 cm³/mol. The molecule has 4 N–H and O–H groups in total. The van der Waals surface area contributed by atoms with Crippen LogP contribution in [-0.4, -0.2) is 96.5 Å². The van der Waals surface area contributed by atoms with Crippen molar-refractivity contribution in [1.82, 2.24) is 31.3 Å². The van der Waals surface area contributed by atoms with Gasteiger partial charge < -0.3 is 20.3 Å². The Morgan fingerprint density at radius 2 is 1.48 bits per heavy atom. The van der Waals surface area contributed by atoms with Gasteiger partial charge in [-0.25, -0.2) is 0 Å². The maximum Gasteiger partial charge on any atom is 0.187 e. The van der Waals surface area contributed by atoms with Crippen molar-refractivity contribution in [3.8, 4) is 0 Å². The van der Waals surface area contributed by atoms with Crippen LogP contribution in [-0.2, 0) is 4.74 Å². The lowest BCUT2D eigenvalue weighted by atomic mass is 10.1. The second-order valence-electron chi connectivity index (χ2n) is 7.98. The maximum atomic E-state index is 5.39. The third kappa shape index (κ3) is 10.6. The molecule has 0 aromatic carbocycles. The highest BCUT2D eigenvalue weighted by Crippen LogP contribution is 2.07. The first-order valence-corrected chi connectivity index (χ1v) is 12.0. The molecule has 1 unspecified atom stereocenters. The van der Waals surface area contributed by atoms with Crippen molar-refractivity contribution in [2.24, 2.45) is 10.2 Å². The van der Waals surface area contributed by atoms with Crippen LogP contribution < -0.4 is 21.5 Å². The van der Waals surface area contributed by atoms with Gasteiger partial charge in [-0.1, -0.05) is 6.42 Å². The van der Waals surface area contributed by atoms with E-state index in [9.17, 15) is 0 Å². The fourth-order valence-corrected chi connectivity index (χ4v) is 3.69. The van der Waals surface area contributed by atoms with Gasteiger partial charge in [0.2, 0.25) is 0 Å². The molecule has 2 aliphatic rings. The molecule has 176 valence electrons. The lowest BCUT2D eigenvalue weighted by Gasteiger charge is -2.32. The molecule has 11 heteroatoms. The Balaban J connectivity index is 1.62. The molecule has 2 saturated heterocycles. The van der Waals surface area contributed by atoms with Crippen LogP contribution in [0.25, 0.3) is 0 Å². The number of hydrogen-bond donors (Lipinski definition) is 4. The minimum atomic E-state index is 0.379. The van der Waals surface area contributed by atoms with E-state index in [0.717, 1.165) is 57.4 Å². The third-order valence-corrected chi connectivity index (χ3v) is 6.03. The van der Waals surface area contributed by atoms with Crippen molar-refractivity contribution >= 4 is 46.1 Å². The number of ether oxygens (including phenoxy) is 1. The fraction of sp³-hybridized carbons (Fsp3) is 0.800. The molecule has 0 aromatic rings. The van der Waals surface area contributed by atoms with E-state index in [-0.39, 0.29) is 0 Å². The zero-order valence-electron chi connectivity index (χ0n) is 19.1. The van der Waals surface area contributed by atoms with Gasteiger partial charge in [-0.2, -0.15) is 10.2 Å². The van der Waals surface area contributed by atoms with E-state index in [1.165, 1.54) is 32.4 Å². The van der Waals surface area contributed by atoms with Crippen LogP contribution in [0.15, 0.2) is 10.2 Å². The Hall–Kier alpha value is -1.40. The molecule has 9 nitrogen and oxygen atoms in total. The Kier molecular flexibility index (Phi) is 12.2. The lowest BCUT2D eigenvalue weighted by Crippen LogP contribution is -2.48. The van der Waals surface area contributed by atoms with E-state index >= 15 is 0 Å². The summed E-state index contributed by atoms with van der Waals surface area (Å²) in [7, 11) is 0. The second-order valence-corrected chi connectivity index (χ2v) is 8.80. The van der Waals surface area contributed by atoms with Crippen LogP contribution in [0.1, 0.15) is 40.0 Å². The molecule has 0 aliphatic carbocycles. The topological polar surface area (TPSA) is 88.5 Å². The van der Waals surface area contributed by atoms with Crippen LogP contribution in [0.5, 0.6) is 0 Å². The summed E-state index contributed by atoms with van der Waals surface area (Å²) in [5.41, 5.74) is 7.23. The largest absolute Gasteiger partial charge is 0.379 e. The summed E-state index contributed by atoms with van der Waals surface area (Å²) in [4.78, 5) is 4.86. The van der Waals surface area contributed by atoms with Crippen molar-refractivity contribution < 1.29 is 4.74 Å². The van der Waals surface area contributed by atoms with Gasteiger partial charge in [0.15, 0.2) is 10.2 Å². The highest BCUT2D eigenvalue weighted by molar-refractivity contribution is 7.80. The third-order valence-electron chi connectivity index (χ3n) is 5.56. The monoisotopic (exact) mass is 470 g/mol. The number of morpholine rings is 1. The van der Waals surface area contributed by atoms with Gasteiger partial charge in [-0.3, -0.25) is 15.8 Å². The number of likely N-dealkylation sites (tertiary alicyclic amines) is 1. The summed E-state index contributed by atoms with van der Waals surface area (Å²) in [5, 5.41) is 16.0. The van der Waals surface area contributed by atoms with E-state index in [1.54, 1.807) is 0 Å². The zero-order chi connectivity index (χ0) is 22.5. The Labute approximate surface area is 197 Å². The highest BCUT2D eigenvalue weighted by Gasteiger charge is 2.16. The Morgan fingerprint density at radius 1 is 0.903 bits per heavy atom. The Bertz CT molecular complexity index is 631.